The maximum atomic E-state index is 6.07. The Morgan fingerprint density at radius 3 is 2.59 bits per heavy atom. The molecule has 0 N–H and O–H groups in total. The van der Waals surface area contributed by atoms with E-state index in [1.54, 1.807) is 11.3 Å². The molecule has 0 saturated heterocycles. The Morgan fingerprint density at radius 2 is 1.94 bits per heavy atom. The Bertz CT molecular complexity index is 489. The quantitative estimate of drug-likeness (QED) is 0.738. The second-order valence-electron chi connectivity index (χ2n) is 3.58. The molecule has 2 rings (SSSR count). The van der Waals surface area contributed by atoms with Crippen molar-refractivity contribution in [3.8, 4) is 0 Å². The zero-order valence-corrected chi connectivity index (χ0v) is 11.5. The van der Waals surface area contributed by atoms with Crippen LogP contribution in [-0.4, -0.2) is 13.2 Å². The number of benzene rings is 1. The van der Waals surface area contributed by atoms with Crippen LogP contribution in [0.4, 0.5) is 0 Å². The van der Waals surface area contributed by atoms with E-state index >= 15 is 0 Å². The van der Waals surface area contributed by atoms with E-state index in [0.717, 1.165) is 20.7 Å². The van der Waals surface area contributed by atoms with E-state index in [4.69, 9.17) is 21.1 Å². The van der Waals surface area contributed by atoms with Crippen LogP contribution >= 0.6 is 22.9 Å². The van der Waals surface area contributed by atoms with Gasteiger partial charge in [-0.15, -0.1) is 11.3 Å². The van der Waals surface area contributed by atoms with Crippen molar-refractivity contribution in [2.75, 3.05) is 13.2 Å². The first-order chi connectivity index (χ1) is 8.26. The molecule has 0 fully saturated rings. The smallest absolute Gasteiger partial charge is 0.183 e. The minimum Gasteiger partial charge on any atom is -0.349 e. The highest BCUT2D eigenvalue weighted by molar-refractivity contribution is 7.17. The summed E-state index contributed by atoms with van der Waals surface area (Å²) in [5.74, 6) is 0. The second kappa shape index (κ2) is 5.83. The van der Waals surface area contributed by atoms with Crippen molar-refractivity contribution in [3.05, 3.63) is 34.2 Å². The predicted octanol–water partition coefficient (Wildman–Crippen LogP) is 4.63. The Morgan fingerprint density at radius 1 is 1.24 bits per heavy atom. The Hall–Kier alpha value is -0.610. The zero-order valence-electron chi connectivity index (χ0n) is 9.90. The molecule has 0 aliphatic rings. The minimum atomic E-state index is -0.282. The van der Waals surface area contributed by atoms with Crippen molar-refractivity contribution >= 4 is 33.0 Å². The largest absolute Gasteiger partial charge is 0.349 e. The molecule has 92 valence electrons. The number of ether oxygens (including phenoxy) is 2. The molecule has 1 aromatic carbocycles. The summed E-state index contributed by atoms with van der Waals surface area (Å²) in [6.07, 6.45) is -0.282. The van der Waals surface area contributed by atoms with Gasteiger partial charge < -0.3 is 9.47 Å². The fourth-order valence-electron chi connectivity index (χ4n) is 1.70. The van der Waals surface area contributed by atoms with E-state index in [9.17, 15) is 0 Å². The van der Waals surface area contributed by atoms with E-state index in [1.165, 1.54) is 0 Å². The first-order valence-corrected chi connectivity index (χ1v) is 6.91. The summed E-state index contributed by atoms with van der Waals surface area (Å²) in [5.41, 5.74) is 1.04. The molecule has 0 atom stereocenters. The first kappa shape index (κ1) is 12.8. The Balaban J connectivity index is 2.33. The Kier molecular flexibility index (Phi) is 4.40. The van der Waals surface area contributed by atoms with Crippen LogP contribution in [0, 0.1) is 0 Å². The third-order valence-electron chi connectivity index (χ3n) is 2.46. The van der Waals surface area contributed by atoms with E-state index in [-0.39, 0.29) is 6.29 Å². The highest BCUT2D eigenvalue weighted by Crippen LogP contribution is 2.32. The van der Waals surface area contributed by atoms with Crippen LogP contribution < -0.4 is 0 Å². The molecule has 0 saturated carbocycles. The average molecular weight is 271 g/mol. The second-order valence-corrected chi connectivity index (χ2v) is 4.90. The summed E-state index contributed by atoms with van der Waals surface area (Å²) < 4.78 is 12.3. The lowest BCUT2D eigenvalue weighted by Crippen LogP contribution is -2.08. The zero-order chi connectivity index (χ0) is 12.3. The van der Waals surface area contributed by atoms with Gasteiger partial charge >= 0.3 is 0 Å². The molecule has 0 spiro atoms. The van der Waals surface area contributed by atoms with Crippen molar-refractivity contribution in [2.45, 2.75) is 20.1 Å². The SMILES string of the molecule is CCOC(OCC)c1ccc2c(Cl)csc2c1. The molecule has 0 aliphatic carbocycles. The van der Waals surface area contributed by atoms with Crippen molar-refractivity contribution in [3.63, 3.8) is 0 Å². The lowest BCUT2D eigenvalue weighted by atomic mass is 10.1. The predicted molar refractivity (Wildman–Crippen MR) is 72.8 cm³/mol. The summed E-state index contributed by atoms with van der Waals surface area (Å²) in [6.45, 7) is 5.20. The number of rotatable bonds is 5. The minimum absolute atomic E-state index is 0.282. The fraction of sp³-hybridized carbons (Fsp3) is 0.385. The van der Waals surface area contributed by atoms with Gasteiger partial charge in [-0.2, -0.15) is 0 Å². The van der Waals surface area contributed by atoms with E-state index < -0.39 is 0 Å². The van der Waals surface area contributed by atoms with Crippen LogP contribution in [0.5, 0.6) is 0 Å². The summed E-state index contributed by atoms with van der Waals surface area (Å²) in [7, 11) is 0. The molecule has 4 heteroatoms. The molecule has 2 aromatic rings. The molecule has 17 heavy (non-hydrogen) atoms. The molecule has 1 heterocycles. The molecule has 0 unspecified atom stereocenters. The van der Waals surface area contributed by atoms with Crippen molar-refractivity contribution < 1.29 is 9.47 Å². The van der Waals surface area contributed by atoms with Crippen LogP contribution in [0.2, 0.25) is 5.02 Å². The Labute approximate surface area is 110 Å². The van der Waals surface area contributed by atoms with Gasteiger partial charge in [0, 0.05) is 34.2 Å². The molecule has 0 amide bonds. The van der Waals surface area contributed by atoms with Crippen molar-refractivity contribution in [1.29, 1.82) is 0 Å². The van der Waals surface area contributed by atoms with Crippen LogP contribution in [0.1, 0.15) is 25.7 Å². The van der Waals surface area contributed by atoms with Gasteiger partial charge in [-0.05, 0) is 19.9 Å². The monoisotopic (exact) mass is 270 g/mol. The van der Waals surface area contributed by atoms with Gasteiger partial charge in [-0.3, -0.25) is 0 Å². The van der Waals surface area contributed by atoms with Crippen LogP contribution in [-0.2, 0) is 9.47 Å². The standard InChI is InChI=1S/C13H15ClO2S/c1-3-15-13(16-4-2)9-5-6-10-11(14)8-17-12(10)7-9/h5-8,13H,3-4H2,1-2H3. The third kappa shape index (κ3) is 2.80. The number of hydrogen-bond donors (Lipinski definition) is 0. The molecule has 0 radical (unpaired) electrons. The summed E-state index contributed by atoms with van der Waals surface area (Å²) in [5, 5.41) is 3.85. The van der Waals surface area contributed by atoms with Gasteiger partial charge in [0.15, 0.2) is 6.29 Å². The normalized spacial score (nSPS) is 11.5. The van der Waals surface area contributed by atoms with Gasteiger partial charge in [-0.25, -0.2) is 0 Å². The van der Waals surface area contributed by atoms with Crippen LogP contribution in [0.3, 0.4) is 0 Å². The molecular formula is C13H15ClO2S. The number of hydrogen-bond acceptors (Lipinski definition) is 3. The van der Waals surface area contributed by atoms with Crippen LogP contribution in [0.25, 0.3) is 10.1 Å². The summed E-state index contributed by atoms with van der Waals surface area (Å²) in [6, 6.07) is 6.12. The average Bonchev–Trinajstić information content (AvgIpc) is 2.70. The highest BCUT2D eigenvalue weighted by atomic mass is 35.5. The van der Waals surface area contributed by atoms with Crippen molar-refractivity contribution in [2.24, 2.45) is 0 Å². The van der Waals surface area contributed by atoms with Gasteiger partial charge in [0.25, 0.3) is 0 Å². The third-order valence-corrected chi connectivity index (χ3v) is 3.85. The number of fused-ring (bicyclic) bond motifs is 1. The lowest BCUT2D eigenvalue weighted by Gasteiger charge is -2.17. The van der Waals surface area contributed by atoms with E-state index in [2.05, 4.69) is 6.07 Å². The first-order valence-electron chi connectivity index (χ1n) is 5.66. The molecule has 2 nitrogen and oxygen atoms in total. The van der Waals surface area contributed by atoms with E-state index in [0.29, 0.717) is 13.2 Å². The van der Waals surface area contributed by atoms with Gasteiger partial charge in [0.1, 0.15) is 0 Å². The van der Waals surface area contributed by atoms with Gasteiger partial charge in [-0.1, -0.05) is 23.7 Å². The lowest BCUT2D eigenvalue weighted by molar-refractivity contribution is -0.140. The molecular weight excluding hydrogens is 256 g/mol. The number of thiophene rings is 1. The van der Waals surface area contributed by atoms with Gasteiger partial charge in [0.2, 0.25) is 0 Å². The molecule has 0 aliphatic heterocycles. The van der Waals surface area contributed by atoms with E-state index in [1.807, 2.05) is 31.4 Å². The molecule has 0 bridgehead atoms. The maximum Gasteiger partial charge on any atom is 0.183 e. The summed E-state index contributed by atoms with van der Waals surface area (Å²) in [4.78, 5) is 0. The van der Waals surface area contributed by atoms with Crippen LogP contribution in [0.15, 0.2) is 23.6 Å². The van der Waals surface area contributed by atoms with Crippen molar-refractivity contribution in [1.82, 2.24) is 0 Å². The maximum absolute atomic E-state index is 6.07. The van der Waals surface area contributed by atoms with Gasteiger partial charge in [0.05, 0.1) is 5.02 Å². The topological polar surface area (TPSA) is 18.5 Å². The number of halogens is 1. The molecule has 1 aromatic heterocycles. The fourth-order valence-corrected chi connectivity index (χ4v) is 2.92. The highest BCUT2D eigenvalue weighted by Gasteiger charge is 2.12. The summed E-state index contributed by atoms with van der Waals surface area (Å²) >= 11 is 7.71.